The molecule has 4 nitrogen and oxygen atoms in total. The Hall–Kier alpha value is -0.110. The summed E-state index contributed by atoms with van der Waals surface area (Å²) in [5, 5.41) is 0. The number of sulfonamides is 1. The molecule has 2 rings (SSSR count). The summed E-state index contributed by atoms with van der Waals surface area (Å²) in [6.07, 6.45) is 1.05. The summed E-state index contributed by atoms with van der Waals surface area (Å²) in [5.41, 5.74) is 6.22. The van der Waals surface area contributed by atoms with Crippen LogP contribution >= 0.6 is 31.9 Å². The van der Waals surface area contributed by atoms with Crippen LogP contribution in [0.5, 0.6) is 0 Å². The summed E-state index contributed by atoms with van der Waals surface area (Å²) in [6, 6.07) is 3.31. The predicted octanol–water partition coefficient (Wildman–Crippen LogP) is 3.85. The van der Waals surface area contributed by atoms with E-state index in [2.05, 4.69) is 45.7 Å². The van der Waals surface area contributed by atoms with Crippen LogP contribution in [-0.4, -0.2) is 25.3 Å². The Morgan fingerprint density at radius 2 is 1.86 bits per heavy atom. The van der Waals surface area contributed by atoms with Gasteiger partial charge in [-0.05, 0) is 53.2 Å². The number of piperidine rings is 1. The van der Waals surface area contributed by atoms with Gasteiger partial charge in [0.2, 0.25) is 10.0 Å². The van der Waals surface area contributed by atoms with Crippen LogP contribution in [0, 0.1) is 11.8 Å². The average Bonchev–Trinajstić information content (AvgIpc) is 2.31. The zero-order valence-electron chi connectivity index (χ0n) is 12.3. The van der Waals surface area contributed by atoms with Gasteiger partial charge in [0, 0.05) is 21.5 Å². The van der Waals surface area contributed by atoms with Crippen LogP contribution < -0.4 is 5.73 Å². The van der Waals surface area contributed by atoms with Gasteiger partial charge in [-0.3, -0.25) is 0 Å². The van der Waals surface area contributed by atoms with Crippen molar-refractivity contribution < 1.29 is 8.42 Å². The second-order valence-corrected chi connectivity index (χ2v) is 9.54. The minimum absolute atomic E-state index is 0.0267. The number of benzene rings is 1. The second kappa shape index (κ2) is 6.18. The lowest BCUT2D eigenvalue weighted by atomic mass is 9.88. The molecule has 2 N–H and O–H groups in total. The lowest BCUT2D eigenvalue weighted by molar-refractivity contribution is 0.157. The molecule has 0 aliphatic carbocycles. The first kappa shape index (κ1) is 17.2. The van der Waals surface area contributed by atoms with E-state index in [1.807, 2.05) is 6.92 Å². The molecular formula is C14H20Br2N2O2S. The Bertz CT molecular complexity index is 625. The maximum atomic E-state index is 13.0. The fourth-order valence-corrected chi connectivity index (χ4v) is 6.82. The predicted molar refractivity (Wildman–Crippen MR) is 92.6 cm³/mol. The Labute approximate surface area is 143 Å². The molecule has 1 aromatic rings. The number of rotatable bonds is 2. The van der Waals surface area contributed by atoms with Gasteiger partial charge in [-0.1, -0.05) is 29.8 Å². The van der Waals surface area contributed by atoms with Crippen LogP contribution in [0.2, 0.25) is 0 Å². The molecule has 21 heavy (non-hydrogen) atoms. The molecule has 1 fully saturated rings. The van der Waals surface area contributed by atoms with Crippen LogP contribution in [0.3, 0.4) is 0 Å². The number of halogens is 2. The number of nitrogen functional groups attached to an aromatic ring is 1. The first-order valence-electron chi connectivity index (χ1n) is 6.91. The van der Waals surface area contributed by atoms with Crippen molar-refractivity contribution in [2.45, 2.75) is 38.1 Å². The molecule has 0 amide bonds. The molecule has 1 aliphatic heterocycles. The van der Waals surface area contributed by atoms with Crippen LogP contribution in [0.4, 0.5) is 5.69 Å². The zero-order chi connectivity index (χ0) is 15.9. The Morgan fingerprint density at radius 3 is 2.43 bits per heavy atom. The van der Waals surface area contributed by atoms with Crippen molar-refractivity contribution in [1.29, 1.82) is 0 Å². The summed E-state index contributed by atoms with van der Waals surface area (Å²) in [4.78, 5) is 0.166. The van der Waals surface area contributed by atoms with Gasteiger partial charge in [-0.25, -0.2) is 8.42 Å². The lowest BCUT2D eigenvalue weighted by Crippen LogP contribution is -2.48. The third kappa shape index (κ3) is 3.30. The lowest BCUT2D eigenvalue weighted by Gasteiger charge is -2.40. The molecule has 0 spiro atoms. The van der Waals surface area contributed by atoms with Gasteiger partial charge < -0.3 is 5.73 Å². The third-order valence-corrected chi connectivity index (χ3v) is 7.56. The van der Waals surface area contributed by atoms with Crippen LogP contribution in [0.1, 0.15) is 27.2 Å². The smallest absolute Gasteiger partial charge is 0.246 e. The first-order valence-corrected chi connectivity index (χ1v) is 9.93. The van der Waals surface area contributed by atoms with E-state index in [4.69, 9.17) is 5.73 Å². The molecule has 0 bridgehead atoms. The summed E-state index contributed by atoms with van der Waals surface area (Å²) in [7, 11) is -3.61. The number of nitrogens with zero attached hydrogens (tertiary/aromatic N) is 1. The molecule has 3 atom stereocenters. The third-order valence-electron chi connectivity index (χ3n) is 4.15. The molecule has 0 saturated carbocycles. The van der Waals surface area contributed by atoms with E-state index < -0.39 is 10.0 Å². The van der Waals surface area contributed by atoms with Gasteiger partial charge in [0.15, 0.2) is 0 Å². The van der Waals surface area contributed by atoms with E-state index in [1.54, 1.807) is 16.4 Å². The van der Waals surface area contributed by atoms with Gasteiger partial charge in [0.1, 0.15) is 4.90 Å². The van der Waals surface area contributed by atoms with Crippen LogP contribution in [0.15, 0.2) is 26.0 Å². The molecule has 0 radical (unpaired) electrons. The topological polar surface area (TPSA) is 63.4 Å². The van der Waals surface area contributed by atoms with Crippen molar-refractivity contribution in [3.63, 3.8) is 0 Å². The van der Waals surface area contributed by atoms with Crippen molar-refractivity contribution in [3.05, 3.63) is 21.1 Å². The van der Waals surface area contributed by atoms with Gasteiger partial charge >= 0.3 is 0 Å². The highest BCUT2D eigenvalue weighted by Gasteiger charge is 2.38. The maximum absolute atomic E-state index is 13.0. The highest BCUT2D eigenvalue weighted by molar-refractivity contribution is 9.11. The van der Waals surface area contributed by atoms with Gasteiger partial charge in [0.25, 0.3) is 0 Å². The molecule has 1 aromatic carbocycles. The average molecular weight is 440 g/mol. The number of anilines is 1. The standard InChI is InChI=1S/C14H20Br2N2O2S/c1-8-4-9(2)10(3)18(7-8)21(19,20)14-12(16)5-11(15)6-13(14)17/h5-6,8-10H,4,7,17H2,1-3H3. The van der Waals surface area contributed by atoms with Gasteiger partial charge in [0.05, 0.1) is 5.69 Å². The Morgan fingerprint density at radius 1 is 1.24 bits per heavy atom. The molecule has 7 heteroatoms. The largest absolute Gasteiger partial charge is 0.398 e. The van der Waals surface area contributed by atoms with Crippen molar-refractivity contribution in [2.24, 2.45) is 11.8 Å². The Balaban J connectivity index is 2.52. The van der Waals surface area contributed by atoms with Gasteiger partial charge in [-0.2, -0.15) is 4.31 Å². The highest BCUT2D eigenvalue weighted by atomic mass is 79.9. The molecular weight excluding hydrogens is 420 g/mol. The Kier molecular flexibility index (Phi) is 5.08. The number of nitrogens with two attached hydrogens (primary N) is 1. The van der Waals surface area contributed by atoms with Crippen molar-refractivity contribution >= 4 is 47.6 Å². The fraction of sp³-hybridized carbons (Fsp3) is 0.571. The van der Waals surface area contributed by atoms with E-state index in [1.165, 1.54) is 0 Å². The van der Waals surface area contributed by atoms with Crippen LogP contribution in [-0.2, 0) is 10.0 Å². The summed E-state index contributed by atoms with van der Waals surface area (Å²) in [5.74, 6) is 0.681. The van der Waals surface area contributed by atoms with E-state index >= 15 is 0 Å². The molecule has 1 heterocycles. The van der Waals surface area contributed by atoms with E-state index in [-0.39, 0.29) is 16.6 Å². The SMILES string of the molecule is CC1CC(C)C(C)N(S(=O)(=O)c2c(N)cc(Br)cc2Br)C1. The van der Waals surface area contributed by atoms with Crippen molar-refractivity contribution in [1.82, 2.24) is 4.31 Å². The number of hydrogen-bond donors (Lipinski definition) is 1. The fourth-order valence-electron chi connectivity index (χ4n) is 2.95. The molecule has 3 unspecified atom stereocenters. The van der Waals surface area contributed by atoms with Crippen molar-refractivity contribution in [3.8, 4) is 0 Å². The first-order chi connectivity index (χ1) is 9.64. The maximum Gasteiger partial charge on any atom is 0.246 e. The molecule has 118 valence electrons. The minimum Gasteiger partial charge on any atom is -0.398 e. The van der Waals surface area contributed by atoms with E-state index in [9.17, 15) is 8.42 Å². The molecule has 1 saturated heterocycles. The highest BCUT2D eigenvalue weighted by Crippen LogP contribution is 2.37. The number of hydrogen-bond acceptors (Lipinski definition) is 3. The molecule has 0 aromatic heterocycles. The summed E-state index contributed by atoms with van der Waals surface area (Å²) in [6.45, 7) is 6.69. The quantitative estimate of drug-likeness (QED) is 0.711. The van der Waals surface area contributed by atoms with Crippen molar-refractivity contribution in [2.75, 3.05) is 12.3 Å². The zero-order valence-corrected chi connectivity index (χ0v) is 16.3. The van der Waals surface area contributed by atoms with Gasteiger partial charge in [-0.15, -0.1) is 0 Å². The summed E-state index contributed by atoms with van der Waals surface area (Å²) < 4.78 is 28.9. The van der Waals surface area contributed by atoms with E-state index in [0.717, 1.165) is 10.9 Å². The van der Waals surface area contributed by atoms with Crippen LogP contribution in [0.25, 0.3) is 0 Å². The van der Waals surface area contributed by atoms with E-state index in [0.29, 0.717) is 22.9 Å². The summed E-state index contributed by atoms with van der Waals surface area (Å²) >= 11 is 6.66. The monoisotopic (exact) mass is 438 g/mol. The molecule has 1 aliphatic rings. The normalized spacial score (nSPS) is 27.8. The second-order valence-electron chi connectivity index (χ2n) is 5.94. The minimum atomic E-state index is -3.61.